The lowest BCUT2D eigenvalue weighted by Gasteiger charge is -2.31. The molecule has 0 bridgehead atoms. The molecule has 0 aliphatic heterocycles. The van der Waals surface area contributed by atoms with Crippen LogP contribution in [0.25, 0.3) is 5.69 Å². The molecular weight excluding hydrogens is 295 g/mol. The molecule has 0 saturated carbocycles. The zero-order valence-corrected chi connectivity index (χ0v) is 15.4. The third-order valence-electron chi connectivity index (χ3n) is 3.47. The smallest absolute Gasteiger partial charge is 0.171 e. The molecule has 1 aromatic heterocycles. The maximum atomic E-state index is 13.1. The first-order chi connectivity index (χ1) is 10.2. The Morgan fingerprint density at radius 3 is 2.27 bits per heavy atom. The molecule has 0 amide bonds. The minimum Gasteiger partial charge on any atom is -0.412 e. The molecule has 0 aliphatic rings. The molecule has 1 atom stereocenters. The van der Waals surface area contributed by atoms with Crippen molar-refractivity contribution < 1.29 is 8.82 Å². The number of hydrogen-bond acceptors (Lipinski definition) is 2. The van der Waals surface area contributed by atoms with Gasteiger partial charge in [-0.25, -0.2) is 9.37 Å². The molecule has 1 unspecified atom stereocenters. The molecule has 1 aromatic carbocycles. The van der Waals surface area contributed by atoms with Crippen molar-refractivity contribution >= 4 is 9.04 Å². The zero-order valence-electron chi connectivity index (χ0n) is 14.2. The molecule has 1 heterocycles. The second-order valence-electron chi connectivity index (χ2n) is 6.99. The lowest BCUT2D eigenvalue weighted by molar-refractivity contribution is 0.0830. The van der Waals surface area contributed by atoms with Crippen molar-refractivity contribution in [3.63, 3.8) is 0 Å². The second-order valence-corrected chi connectivity index (χ2v) is 9.36. The Labute approximate surface area is 133 Å². The van der Waals surface area contributed by atoms with E-state index in [9.17, 15) is 4.39 Å². The monoisotopic (exact) mass is 320 g/mol. The summed E-state index contributed by atoms with van der Waals surface area (Å²) >= 11 is 0. The average molecular weight is 320 g/mol. The molecule has 0 N–H and O–H groups in total. The van der Waals surface area contributed by atoms with E-state index in [2.05, 4.69) is 33.9 Å². The van der Waals surface area contributed by atoms with Crippen molar-refractivity contribution in [1.29, 1.82) is 0 Å². The van der Waals surface area contributed by atoms with Gasteiger partial charge in [0.25, 0.3) is 0 Å². The van der Waals surface area contributed by atoms with Gasteiger partial charge in [-0.15, -0.1) is 0 Å². The van der Waals surface area contributed by atoms with Crippen LogP contribution in [0.2, 0.25) is 13.1 Å². The lowest BCUT2D eigenvalue weighted by atomic mass is 9.87. The summed E-state index contributed by atoms with van der Waals surface area (Å²) in [5, 5.41) is 0. The fourth-order valence-electron chi connectivity index (χ4n) is 2.47. The van der Waals surface area contributed by atoms with Crippen molar-refractivity contribution in [2.75, 3.05) is 0 Å². The Hall–Kier alpha value is -1.46. The number of halogens is 1. The fraction of sp³-hybridized carbons (Fsp3) is 0.471. The van der Waals surface area contributed by atoms with Gasteiger partial charge in [0.15, 0.2) is 9.04 Å². The highest BCUT2D eigenvalue weighted by Gasteiger charge is 2.30. The third-order valence-corrected chi connectivity index (χ3v) is 4.29. The largest absolute Gasteiger partial charge is 0.412 e. The van der Waals surface area contributed by atoms with Crippen LogP contribution in [0.3, 0.4) is 0 Å². The first kappa shape index (κ1) is 16.9. The Kier molecular flexibility index (Phi) is 4.87. The maximum absolute atomic E-state index is 13.1. The van der Waals surface area contributed by atoms with Gasteiger partial charge < -0.3 is 8.99 Å². The van der Waals surface area contributed by atoms with E-state index in [1.54, 1.807) is 12.1 Å². The van der Waals surface area contributed by atoms with E-state index < -0.39 is 9.04 Å². The van der Waals surface area contributed by atoms with E-state index in [1.807, 2.05) is 17.7 Å². The number of aryl methyl sites for hydroxylation is 1. The first-order valence-corrected chi connectivity index (χ1v) is 10.4. The van der Waals surface area contributed by atoms with Crippen LogP contribution in [-0.4, -0.2) is 18.6 Å². The predicted octanol–water partition coefficient (Wildman–Crippen LogP) is 4.41. The average Bonchev–Trinajstić information content (AvgIpc) is 2.77. The molecule has 22 heavy (non-hydrogen) atoms. The van der Waals surface area contributed by atoms with Gasteiger partial charge in [0.05, 0.1) is 11.8 Å². The van der Waals surface area contributed by atoms with E-state index in [0.717, 1.165) is 17.2 Å². The quantitative estimate of drug-likeness (QED) is 0.780. The predicted molar refractivity (Wildman–Crippen MR) is 90.4 cm³/mol. The van der Waals surface area contributed by atoms with Crippen LogP contribution in [0.5, 0.6) is 0 Å². The molecule has 0 fully saturated rings. The summed E-state index contributed by atoms with van der Waals surface area (Å²) in [6, 6.07) is 6.45. The number of nitrogens with zero attached hydrogens (tertiary/aromatic N) is 2. The maximum Gasteiger partial charge on any atom is 0.171 e. The molecule has 0 saturated heterocycles. The molecule has 5 heteroatoms. The summed E-state index contributed by atoms with van der Waals surface area (Å²) < 4.78 is 21.3. The van der Waals surface area contributed by atoms with E-state index >= 15 is 0 Å². The number of hydrogen-bond donors (Lipinski definition) is 0. The molecule has 120 valence electrons. The number of rotatable bonds is 4. The summed E-state index contributed by atoms with van der Waals surface area (Å²) in [4.78, 5) is 4.70. The topological polar surface area (TPSA) is 27.1 Å². The van der Waals surface area contributed by atoms with Crippen LogP contribution in [0.1, 0.15) is 38.4 Å². The van der Waals surface area contributed by atoms with E-state index in [-0.39, 0.29) is 17.3 Å². The molecular formula is C17H25FN2OSi. The Bertz CT molecular complexity index is 629. The SMILES string of the molecule is Cc1nc(C(O[SiH](C)C)C(C)(C)C)cn1-c1ccc(F)cc1. The van der Waals surface area contributed by atoms with Crippen molar-refractivity contribution in [2.24, 2.45) is 5.41 Å². The number of imidazole rings is 1. The summed E-state index contributed by atoms with van der Waals surface area (Å²) in [5.41, 5.74) is 1.83. The second kappa shape index (κ2) is 6.34. The van der Waals surface area contributed by atoms with Crippen LogP contribution < -0.4 is 0 Å². The Balaban J connectivity index is 2.40. The summed E-state index contributed by atoms with van der Waals surface area (Å²) in [5.74, 6) is 0.647. The van der Waals surface area contributed by atoms with E-state index in [1.165, 1.54) is 12.1 Å². The van der Waals surface area contributed by atoms with Gasteiger partial charge in [-0.1, -0.05) is 20.8 Å². The summed E-state index contributed by atoms with van der Waals surface area (Å²) in [7, 11) is -1.18. The molecule has 0 spiro atoms. The Morgan fingerprint density at radius 2 is 1.77 bits per heavy atom. The van der Waals surface area contributed by atoms with E-state index in [4.69, 9.17) is 9.41 Å². The molecule has 3 nitrogen and oxygen atoms in total. The van der Waals surface area contributed by atoms with Crippen molar-refractivity contribution in [3.05, 3.63) is 47.8 Å². The van der Waals surface area contributed by atoms with Gasteiger partial charge in [0.2, 0.25) is 0 Å². The highest BCUT2D eigenvalue weighted by atomic mass is 28.3. The van der Waals surface area contributed by atoms with Crippen LogP contribution >= 0.6 is 0 Å². The number of aromatic nitrogens is 2. The molecule has 0 radical (unpaired) electrons. The van der Waals surface area contributed by atoms with Gasteiger partial charge in [-0.3, -0.25) is 0 Å². The molecule has 2 rings (SSSR count). The summed E-state index contributed by atoms with van der Waals surface area (Å²) in [6.45, 7) is 12.8. The minimum atomic E-state index is -1.18. The van der Waals surface area contributed by atoms with Crippen molar-refractivity contribution in [1.82, 2.24) is 9.55 Å². The van der Waals surface area contributed by atoms with Crippen molar-refractivity contribution in [2.45, 2.75) is 46.9 Å². The van der Waals surface area contributed by atoms with Crippen LogP contribution in [0, 0.1) is 18.2 Å². The van der Waals surface area contributed by atoms with Gasteiger partial charge >= 0.3 is 0 Å². The molecule has 0 aliphatic carbocycles. The Morgan fingerprint density at radius 1 is 1.18 bits per heavy atom. The highest BCUT2D eigenvalue weighted by Crippen LogP contribution is 2.36. The number of benzene rings is 1. The van der Waals surface area contributed by atoms with Gasteiger partial charge in [-0.05, 0) is 49.7 Å². The first-order valence-electron chi connectivity index (χ1n) is 7.66. The fourth-order valence-corrected chi connectivity index (χ4v) is 3.57. The van der Waals surface area contributed by atoms with Crippen molar-refractivity contribution in [3.8, 4) is 5.69 Å². The zero-order chi connectivity index (χ0) is 16.5. The summed E-state index contributed by atoms with van der Waals surface area (Å²) in [6.07, 6.45) is 1.98. The van der Waals surface area contributed by atoms with Crippen LogP contribution in [-0.2, 0) is 4.43 Å². The minimum absolute atomic E-state index is 0.0221. The van der Waals surface area contributed by atoms with E-state index in [0.29, 0.717) is 0 Å². The molecule has 2 aromatic rings. The third kappa shape index (κ3) is 3.84. The standard InChI is InChI=1S/C17H25FN2OSi/c1-12-19-15(16(17(2,3)4)21-22(5)6)11-20(12)14-9-7-13(18)8-10-14/h7-11,16,22H,1-6H3. The van der Waals surface area contributed by atoms with Gasteiger partial charge in [0, 0.05) is 11.9 Å². The van der Waals surface area contributed by atoms with Gasteiger partial charge in [-0.2, -0.15) is 0 Å². The van der Waals surface area contributed by atoms with Gasteiger partial charge in [0.1, 0.15) is 11.6 Å². The lowest BCUT2D eigenvalue weighted by Crippen LogP contribution is -2.26. The normalized spacial score (nSPS) is 13.6. The van der Waals surface area contributed by atoms with Crippen LogP contribution in [0.15, 0.2) is 30.5 Å². The van der Waals surface area contributed by atoms with Crippen LogP contribution in [0.4, 0.5) is 4.39 Å². The highest BCUT2D eigenvalue weighted by molar-refractivity contribution is 6.48.